The lowest BCUT2D eigenvalue weighted by Crippen LogP contribution is -2.43. The van der Waals surface area contributed by atoms with Gasteiger partial charge in [-0.2, -0.15) is 0 Å². The quantitative estimate of drug-likeness (QED) is 0.828. The Hall–Kier alpha value is -1.67. The Morgan fingerprint density at radius 3 is 2.95 bits per heavy atom. The molecular formula is C11H15N3O4S. The fourth-order valence-corrected chi connectivity index (χ4v) is 2.30. The predicted molar refractivity (Wildman–Crippen MR) is 69.2 cm³/mol. The number of amides is 2. The summed E-state index contributed by atoms with van der Waals surface area (Å²) in [4.78, 5) is 28.8. The number of morpholine rings is 1. The summed E-state index contributed by atoms with van der Waals surface area (Å²) in [5.41, 5.74) is 0.592. The summed E-state index contributed by atoms with van der Waals surface area (Å²) in [7, 11) is 1.33. The first-order valence-electron chi connectivity index (χ1n) is 5.84. The van der Waals surface area contributed by atoms with Crippen LogP contribution in [0.25, 0.3) is 0 Å². The minimum absolute atomic E-state index is 0.112. The first-order valence-corrected chi connectivity index (χ1v) is 6.72. The first-order chi connectivity index (χ1) is 9.19. The molecule has 0 spiro atoms. The molecule has 0 radical (unpaired) electrons. The Balaban J connectivity index is 1.88. The van der Waals surface area contributed by atoms with Crippen LogP contribution in [0.5, 0.6) is 0 Å². The summed E-state index contributed by atoms with van der Waals surface area (Å²) in [6, 6.07) is -0.192. The average Bonchev–Trinajstić information content (AvgIpc) is 2.86. The van der Waals surface area contributed by atoms with Crippen LogP contribution in [-0.2, 0) is 20.7 Å². The maximum atomic E-state index is 11.9. The lowest BCUT2D eigenvalue weighted by molar-refractivity contribution is -0.139. The van der Waals surface area contributed by atoms with E-state index in [0.717, 1.165) is 0 Å². The molecule has 0 aromatic carbocycles. The molecule has 104 valence electrons. The molecule has 2 heterocycles. The number of aromatic nitrogens is 1. The van der Waals surface area contributed by atoms with E-state index in [2.05, 4.69) is 15.0 Å². The zero-order chi connectivity index (χ0) is 13.7. The summed E-state index contributed by atoms with van der Waals surface area (Å²) < 4.78 is 9.73. The maximum Gasteiger partial charge on any atom is 0.323 e. The van der Waals surface area contributed by atoms with Crippen molar-refractivity contribution in [1.29, 1.82) is 0 Å². The highest BCUT2D eigenvalue weighted by Gasteiger charge is 2.18. The van der Waals surface area contributed by atoms with Crippen molar-refractivity contribution >= 4 is 28.5 Å². The number of nitrogens with zero attached hydrogens (tertiary/aromatic N) is 2. The van der Waals surface area contributed by atoms with Gasteiger partial charge in [0.25, 0.3) is 0 Å². The van der Waals surface area contributed by atoms with Crippen LogP contribution in [0.4, 0.5) is 9.93 Å². The Labute approximate surface area is 114 Å². The van der Waals surface area contributed by atoms with Crippen LogP contribution in [0.15, 0.2) is 5.38 Å². The van der Waals surface area contributed by atoms with Crippen LogP contribution in [0.1, 0.15) is 5.69 Å². The van der Waals surface area contributed by atoms with Gasteiger partial charge in [0.05, 0.1) is 32.4 Å². The number of thiazole rings is 1. The number of nitrogens with one attached hydrogen (secondary N) is 1. The van der Waals surface area contributed by atoms with Gasteiger partial charge in [-0.25, -0.2) is 9.78 Å². The molecule has 2 amide bonds. The number of methoxy groups -OCH3 is 1. The molecule has 2 rings (SSSR count). The molecule has 0 atom stereocenters. The molecule has 19 heavy (non-hydrogen) atoms. The van der Waals surface area contributed by atoms with Gasteiger partial charge in [0.2, 0.25) is 0 Å². The topological polar surface area (TPSA) is 80.8 Å². The summed E-state index contributed by atoms with van der Waals surface area (Å²) in [5.74, 6) is -0.351. The first kappa shape index (κ1) is 13.8. The standard InChI is InChI=1S/C11H15N3O4S/c1-17-9(15)6-8-7-19-10(12-8)13-11(16)14-2-4-18-5-3-14/h7H,2-6H2,1H3,(H,12,13,16). The molecule has 1 aromatic heterocycles. The van der Waals surface area contributed by atoms with Crippen LogP contribution < -0.4 is 5.32 Å². The van der Waals surface area contributed by atoms with Gasteiger partial charge in [0, 0.05) is 18.5 Å². The third kappa shape index (κ3) is 3.90. The van der Waals surface area contributed by atoms with Crippen molar-refractivity contribution in [2.45, 2.75) is 6.42 Å². The second kappa shape index (κ2) is 6.48. The summed E-state index contributed by atoms with van der Waals surface area (Å²) in [5, 5.41) is 4.92. The number of ether oxygens (including phenoxy) is 2. The van der Waals surface area contributed by atoms with Gasteiger partial charge in [-0.3, -0.25) is 10.1 Å². The van der Waals surface area contributed by atoms with Crippen LogP contribution in [0.2, 0.25) is 0 Å². The number of rotatable bonds is 3. The number of esters is 1. The Morgan fingerprint density at radius 2 is 2.26 bits per heavy atom. The Bertz CT molecular complexity index is 457. The Kier molecular flexibility index (Phi) is 4.69. The molecule has 8 heteroatoms. The highest BCUT2D eigenvalue weighted by molar-refractivity contribution is 7.13. The number of hydrogen-bond acceptors (Lipinski definition) is 6. The van der Waals surface area contributed by atoms with Gasteiger partial charge in [-0.15, -0.1) is 11.3 Å². The van der Waals surface area contributed by atoms with Crippen molar-refractivity contribution < 1.29 is 19.1 Å². The summed E-state index contributed by atoms with van der Waals surface area (Å²) >= 11 is 1.29. The van der Waals surface area contributed by atoms with E-state index < -0.39 is 0 Å². The van der Waals surface area contributed by atoms with Gasteiger partial charge in [-0.1, -0.05) is 0 Å². The molecule has 1 aliphatic rings. The molecule has 7 nitrogen and oxygen atoms in total. The number of carbonyl (C=O) groups is 2. The summed E-state index contributed by atoms with van der Waals surface area (Å²) in [6.07, 6.45) is 0.112. The second-order valence-corrected chi connectivity index (χ2v) is 4.78. The molecule has 0 bridgehead atoms. The molecule has 1 saturated heterocycles. The highest BCUT2D eigenvalue weighted by atomic mass is 32.1. The van der Waals surface area contributed by atoms with E-state index in [9.17, 15) is 9.59 Å². The fourth-order valence-electron chi connectivity index (χ4n) is 1.60. The molecule has 1 fully saturated rings. The van der Waals surface area contributed by atoms with Crippen LogP contribution in [0, 0.1) is 0 Å². The SMILES string of the molecule is COC(=O)Cc1csc(NC(=O)N2CCOCC2)n1. The van der Waals surface area contributed by atoms with E-state index in [4.69, 9.17) is 4.74 Å². The molecule has 0 saturated carbocycles. The smallest absolute Gasteiger partial charge is 0.323 e. The van der Waals surface area contributed by atoms with Crippen molar-refractivity contribution in [3.05, 3.63) is 11.1 Å². The van der Waals surface area contributed by atoms with E-state index >= 15 is 0 Å². The number of carbonyl (C=O) groups excluding carboxylic acids is 2. The molecule has 1 aromatic rings. The van der Waals surface area contributed by atoms with Crippen molar-refractivity contribution in [2.75, 3.05) is 38.7 Å². The van der Waals surface area contributed by atoms with Crippen molar-refractivity contribution in [1.82, 2.24) is 9.88 Å². The van der Waals surface area contributed by atoms with Crippen LogP contribution in [0.3, 0.4) is 0 Å². The average molecular weight is 285 g/mol. The van der Waals surface area contributed by atoms with Crippen molar-refractivity contribution in [2.24, 2.45) is 0 Å². The third-order valence-corrected chi connectivity index (χ3v) is 3.42. The van der Waals surface area contributed by atoms with Gasteiger partial charge in [0.1, 0.15) is 0 Å². The molecule has 0 aliphatic carbocycles. The lowest BCUT2D eigenvalue weighted by Gasteiger charge is -2.26. The monoisotopic (exact) mass is 285 g/mol. The highest BCUT2D eigenvalue weighted by Crippen LogP contribution is 2.16. The molecule has 1 N–H and O–H groups in total. The van der Waals surface area contributed by atoms with E-state index in [1.54, 1.807) is 10.3 Å². The van der Waals surface area contributed by atoms with Crippen molar-refractivity contribution in [3.63, 3.8) is 0 Å². The molecule has 0 unspecified atom stereocenters. The van der Waals surface area contributed by atoms with Gasteiger partial charge in [0.15, 0.2) is 5.13 Å². The number of anilines is 1. The zero-order valence-electron chi connectivity index (χ0n) is 10.5. The zero-order valence-corrected chi connectivity index (χ0v) is 11.4. The van der Waals surface area contributed by atoms with E-state index in [-0.39, 0.29) is 18.4 Å². The normalized spacial score (nSPS) is 15.1. The largest absolute Gasteiger partial charge is 0.469 e. The van der Waals surface area contributed by atoms with E-state index in [1.807, 2.05) is 0 Å². The summed E-state index contributed by atoms with van der Waals surface area (Å²) in [6.45, 7) is 2.26. The lowest BCUT2D eigenvalue weighted by atomic mass is 10.3. The second-order valence-electron chi connectivity index (χ2n) is 3.93. The van der Waals surface area contributed by atoms with Crippen molar-refractivity contribution in [3.8, 4) is 0 Å². The molecular weight excluding hydrogens is 270 g/mol. The minimum Gasteiger partial charge on any atom is -0.469 e. The Morgan fingerprint density at radius 1 is 1.53 bits per heavy atom. The fraction of sp³-hybridized carbons (Fsp3) is 0.545. The third-order valence-electron chi connectivity index (χ3n) is 2.62. The van der Waals surface area contributed by atoms with E-state index in [1.165, 1.54) is 18.4 Å². The van der Waals surface area contributed by atoms with Gasteiger partial charge >= 0.3 is 12.0 Å². The van der Waals surface area contributed by atoms with Gasteiger partial charge < -0.3 is 14.4 Å². The van der Waals surface area contributed by atoms with E-state index in [0.29, 0.717) is 37.1 Å². The number of hydrogen-bond donors (Lipinski definition) is 1. The maximum absolute atomic E-state index is 11.9. The number of urea groups is 1. The predicted octanol–water partition coefficient (Wildman–Crippen LogP) is 0.723. The van der Waals surface area contributed by atoms with Crippen LogP contribution >= 0.6 is 11.3 Å². The minimum atomic E-state index is -0.351. The van der Waals surface area contributed by atoms with Crippen LogP contribution in [-0.4, -0.2) is 55.3 Å². The van der Waals surface area contributed by atoms with Gasteiger partial charge in [-0.05, 0) is 0 Å². The molecule has 1 aliphatic heterocycles.